The Morgan fingerprint density at radius 2 is 1.88 bits per heavy atom. The molecule has 1 amide bonds. The molecule has 0 saturated heterocycles. The van der Waals surface area contributed by atoms with E-state index in [1.165, 1.54) is 24.3 Å². The van der Waals surface area contributed by atoms with Gasteiger partial charge in [-0.25, -0.2) is 4.79 Å². The molecule has 3 nitrogen and oxygen atoms in total. The van der Waals surface area contributed by atoms with Gasteiger partial charge in [-0.05, 0) is 30.2 Å². The van der Waals surface area contributed by atoms with Crippen LogP contribution in [0.4, 0.5) is 18.0 Å². The van der Waals surface area contributed by atoms with Gasteiger partial charge in [0.1, 0.15) is 0 Å². The molecule has 1 aromatic carbocycles. The maximum atomic E-state index is 12.8. The van der Waals surface area contributed by atoms with E-state index in [0.717, 1.165) is 12.0 Å². The highest BCUT2D eigenvalue weighted by atomic mass is 35.5. The van der Waals surface area contributed by atoms with Gasteiger partial charge in [-0.2, -0.15) is 13.2 Å². The van der Waals surface area contributed by atoms with E-state index in [9.17, 15) is 18.0 Å². The third kappa shape index (κ3) is 5.46. The van der Waals surface area contributed by atoms with Crippen molar-refractivity contribution in [2.75, 3.05) is 13.7 Å². The summed E-state index contributed by atoms with van der Waals surface area (Å²) in [7, 11) is 1.08. The number of hydrogen-bond acceptors (Lipinski definition) is 2. The summed E-state index contributed by atoms with van der Waals surface area (Å²) < 4.78 is 43.1. The molecule has 0 saturated carbocycles. The lowest BCUT2D eigenvalue weighted by Gasteiger charge is -2.31. The number of carbonyl (C=O) groups is 1. The molecule has 0 radical (unpaired) electrons. The van der Waals surface area contributed by atoms with E-state index >= 15 is 0 Å². The van der Waals surface area contributed by atoms with Gasteiger partial charge in [0, 0.05) is 15.6 Å². The summed E-state index contributed by atoms with van der Waals surface area (Å²) in [6.45, 7) is 5.83. The van der Waals surface area contributed by atoms with Crippen LogP contribution in [0.25, 0.3) is 0 Å². The molecule has 24 heavy (non-hydrogen) atoms. The monoisotopic (exact) mass is 381 g/mol. The number of amides is 1. The number of nitrogens with zero attached hydrogens (tertiary/aromatic N) is 1. The van der Waals surface area contributed by atoms with Crippen molar-refractivity contribution in [2.24, 2.45) is 0 Å². The molecule has 1 unspecified atom stereocenters. The van der Waals surface area contributed by atoms with Crippen molar-refractivity contribution in [1.29, 1.82) is 0 Å². The van der Waals surface area contributed by atoms with Crippen molar-refractivity contribution in [3.63, 3.8) is 0 Å². The standard InChI is InChI=1S/C16H16Cl2F3NO2/c1-4-5-14(11-6-12(17)8-13(18)7-11)22(15(23)24-3)9-10(2)16(19,20)21/h4,6-8,14H,1-2,5,9H2,3H3. The largest absolute Gasteiger partial charge is 0.453 e. The lowest BCUT2D eigenvalue weighted by molar-refractivity contribution is -0.0954. The van der Waals surface area contributed by atoms with Gasteiger partial charge in [-0.15, -0.1) is 6.58 Å². The van der Waals surface area contributed by atoms with E-state index in [1.54, 1.807) is 0 Å². The number of rotatable bonds is 6. The van der Waals surface area contributed by atoms with Crippen LogP contribution in [0.5, 0.6) is 0 Å². The SMILES string of the molecule is C=CCC(c1cc(Cl)cc(Cl)c1)N(CC(=C)C(F)(F)F)C(=O)OC. The molecule has 0 spiro atoms. The Labute approximate surface area is 148 Å². The predicted octanol–water partition coefficient (Wildman–Crippen LogP) is 5.80. The molecular weight excluding hydrogens is 366 g/mol. The summed E-state index contributed by atoms with van der Waals surface area (Å²) in [5.74, 6) is 0. The van der Waals surface area contributed by atoms with Gasteiger partial charge in [0.05, 0.1) is 19.7 Å². The average molecular weight is 382 g/mol. The summed E-state index contributed by atoms with van der Waals surface area (Å²) in [5.41, 5.74) is -0.608. The van der Waals surface area contributed by atoms with Crippen LogP contribution in [0.1, 0.15) is 18.0 Å². The van der Waals surface area contributed by atoms with E-state index in [4.69, 9.17) is 23.2 Å². The second-order valence-electron chi connectivity index (χ2n) is 4.94. The molecule has 0 heterocycles. The zero-order valence-corrected chi connectivity index (χ0v) is 14.4. The first kappa shape index (κ1) is 20.4. The van der Waals surface area contributed by atoms with Crippen molar-refractivity contribution < 1.29 is 22.7 Å². The van der Waals surface area contributed by atoms with Crippen LogP contribution in [-0.2, 0) is 4.74 Å². The number of benzene rings is 1. The van der Waals surface area contributed by atoms with Crippen LogP contribution in [-0.4, -0.2) is 30.8 Å². The number of halogens is 5. The Balaban J connectivity index is 3.29. The highest BCUT2D eigenvalue weighted by Crippen LogP contribution is 2.33. The van der Waals surface area contributed by atoms with Crippen molar-refractivity contribution in [2.45, 2.75) is 18.6 Å². The minimum Gasteiger partial charge on any atom is -0.453 e. The lowest BCUT2D eigenvalue weighted by atomic mass is 10.0. The topological polar surface area (TPSA) is 29.5 Å². The third-order valence-electron chi connectivity index (χ3n) is 3.21. The van der Waals surface area contributed by atoms with Crippen molar-refractivity contribution in [3.8, 4) is 0 Å². The molecule has 0 aromatic heterocycles. The zero-order valence-electron chi connectivity index (χ0n) is 12.9. The summed E-state index contributed by atoms with van der Waals surface area (Å²) in [4.78, 5) is 12.9. The molecule has 132 valence electrons. The number of carbonyl (C=O) groups excluding carboxylic acids is 1. The molecule has 0 N–H and O–H groups in total. The van der Waals surface area contributed by atoms with Crippen LogP contribution in [0, 0.1) is 0 Å². The Hall–Kier alpha value is -1.66. The van der Waals surface area contributed by atoms with Gasteiger partial charge in [-0.3, -0.25) is 4.90 Å². The van der Waals surface area contributed by atoms with E-state index < -0.39 is 30.4 Å². The minimum atomic E-state index is -4.63. The molecule has 8 heteroatoms. The maximum Gasteiger partial charge on any atom is 0.413 e. The van der Waals surface area contributed by atoms with Gasteiger partial charge < -0.3 is 4.74 Å². The zero-order chi connectivity index (χ0) is 18.5. The number of methoxy groups -OCH3 is 1. The van der Waals surface area contributed by atoms with E-state index in [2.05, 4.69) is 17.9 Å². The first-order chi connectivity index (χ1) is 11.1. The highest BCUT2D eigenvalue weighted by molar-refractivity contribution is 6.34. The van der Waals surface area contributed by atoms with E-state index in [-0.39, 0.29) is 6.42 Å². The van der Waals surface area contributed by atoms with Crippen LogP contribution >= 0.6 is 23.2 Å². The number of hydrogen-bond donors (Lipinski definition) is 0. The first-order valence-electron chi connectivity index (χ1n) is 6.76. The number of ether oxygens (including phenoxy) is 1. The average Bonchev–Trinajstić information content (AvgIpc) is 2.47. The Morgan fingerprint density at radius 1 is 1.33 bits per heavy atom. The summed E-state index contributed by atoms with van der Waals surface area (Å²) >= 11 is 11.9. The molecule has 1 rings (SSSR count). The van der Waals surface area contributed by atoms with Gasteiger partial charge >= 0.3 is 12.3 Å². The normalized spacial score (nSPS) is 12.4. The Bertz CT molecular complexity index is 612. The fourth-order valence-corrected chi connectivity index (χ4v) is 2.63. The molecule has 0 aliphatic rings. The van der Waals surface area contributed by atoms with Crippen molar-refractivity contribution in [1.82, 2.24) is 4.90 Å². The smallest absolute Gasteiger partial charge is 0.413 e. The second-order valence-corrected chi connectivity index (χ2v) is 5.82. The molecule has 0 fully saturated rings. The molecule has 1 atom stereocenters. The van der Waals surface area contributed by atoms with Crippen LogP contribution in [0.15, 0.2) is 43.0 Å². The molecule has 1 aromatic rings. The van der Waals surface area contributed by atoms with Gasteiger partial charge in [0.2, 0.25) is 0 Å². The second kappa shape index (κ2) is 8.44. The fraction of sp³-hybridized carbons (Fsp3) is 0.312. The fourth-order valence-electron chi connectivity index (χ4n) is 2.08. The first-order valence-corrected chi connectivity index (χ1v) is 7.52. The van der Waals surface area contributed by atoms with Crippen LogP contribution in [0.3, 0.4) is 0 Å². The van der Waals surface area contributed by atoms with Crippen LogP contribution in [0.2, 0.25) is 10.0 Å². The minimum absolute atomic E-state index is 0.177. The summed E-state index contributed by atoms with van der Waals surface area (Å²) in [6, 6.07) is 3.74. The molecular formula is C16H16Cl2F3NO2. The summed E-state index contributed by atoms with van der Waals surface area (Å²) in [6.07, 6.45) is -3.90. The van der Waals surface area contributed by atoms with Gasteiger partial charge in [-0.1, -0.05) is 35.9 Å². The van der Waals surface area contributed by atoms with Crippen molar-refractivity contribution >= 4 is 29.3 Å². The summed E-state index contributed by atoms with van der Waals surface area (Å²) in [5, 5.41) is 0.594. The highest BCUT2D eigenvalue weighted by Gasteiger charge is 2.36. The quantitative estimate of drug-likeness (QED) is 0.582. The molecule has 0 aliphatic carbocycles. The van der Waals surface area contributed by atoms with Gasteiger partial charge in [0.25, 0.3) is 0 Å². The Kier molecular flexibility index (Phi) is 7.17. The lowest BCUT2D eigenvalue weighted by Crippen LogP contribution is -2.38. The Morgan fingerprint density at radius 3 is 2.29 bits per heavy atom. The maximum absolute atomic E-state index is 12.8. The molecule has 0 aliphatic heterocycles. The van der Waals surface area contributed by atoms with E-state index in [0.29, 0.717) is 15.6 Å². The van der Waals surface area contributed by atoms with Gasteiger partial charge in [0.15, 0.2) is 0 Å². The van der Waals surface area contributed by atoms with E-state index in [1.807, 2.05) is 0 Å². The van der Waals surface area contributed by atoms with Crippen molar-refractivity contribution in [3.05, 3.63) is 58.6 Å². The van der Waals surface area contributed by atoms with Crippen LogP contribution < -0.4 is 0 Å². The third-order valence-corrected chi connectivity index (χ3v) is 3.64. The predicted molar refractivity (Wildman–Crippen MR) is 88.3 cm³/mol. The number of alkyl halides is 3. The molecule has 0 bridgehead atoms.